The summed E-state index contributed by atoms with van der Waals surface area (Å²) in [6.07, 6.45) is 0.688. The Bertz CT molecular complexity index is 903. The van der Waals surface area contributed by atoms with Crippen molar-refractivity contribution in [1.82, 2.24) is 4.90 Å². The fourth-order valence-corrected chi connectivity index (χ4v) is 3.17. The van der Waals surface area contributed by atoms with Gasteiger partial charge in [-0.1, -0.05) is 25.1 Å². The Morgan fingerprint density at radius 2 is 1.68 bits per heavy atom. The summed E-state index contributed by atoms with van der Waals surface area (Å²) in [5, 5.41) is 3.14. The molecule has 2 amide bonds. The van der Waals surface area contributed by atoms with Crippen LogP contribution >= 0.6 is 0 Å². The predicted molar refractivity (Wildman–Crippen MR) is 108 cm³/mol. The molecule has 0 atom stereocenters. The maximum atomic E-state index is 13.0. The first-order valence-electron chi connectivity index (χ1n) is 9.34. The molecule has 146 valence electrons. The third-order valence-electron chi connectivity index (χ3n) is 4.43. The Kier molecular flexibility index (Phi) is 5.99. The van der Waals surface area contributed by atoms with Gasteiger partial charge in [-0.25, -0.2) is 0 Å². The van der Waals surface area contributed by atoms with Gasteiger partial charge in [0.1, 0.15) is 17.2 Å². The van der Waals surface area contributed by atoms with Gasteiger partial charge >= 0.3 is 0 Å². The van der Waals surface area contributed by atoms with Crippen LogP contribution in [0.3, 0.4) is 0 Å². The number of anilines is 1. The Morgan fingerprint density at radius 3 is 2.32 bits per heavy atom. The average Bonchev–Trinajstić information content (AvgIpc) is 2.94. The first-order chi connectivity index (χ1) is 13.6. The molecule has 0 spiro atoms. The van der Waals surface area contributed by atoms with E-state index in [-0.39, 0.29) is 17.5 Å². The summed E-state index contributed by atoms with van der Waals surface area (Å²) in [4.78, 5) is 27.3. The third-order valence-corrected chi connectivity index (χ3v) is 4.43. The first-order valence-corrected chi connectivity index (χ1v) is 9.34. The number of ether oxygens (including phenoxy) is 2. The van der Waals surface area contributed by atoms with Crippen LogP contribution in [0.1, 0.15) is 25.8 Å². The lowest BCUT2D eigenvalue weighted by Gasteiger charge is -2.14. The van der Waals surface area contributed by atoms with E-state index in [0.29, 0.717) is 42.1 Å². The van der Waals surface area contributed by atoms with Gasteiger partial charge in [-0.3, -0.25) is 14.5 Å². The maximum Gasteiger partial charge on any atom is 0.278 e. The van der Waals surface area contributed by atoms with E-state index in [4.69, 9.17) is 9.47 Å². The van der Waals surface area contributed by atoms with Crippen molar-refractivity contribution in [3.05, 3.63) is 59.8 Å². The number of nitrogens with one attached hydrogen (secondary N) is 1. The molecule has 0 saturated carbocycles. The summed E-state index contributed by atoms with van der Waals surface area (Å²) < 4.78 is 10.9. The standard InChI is InChI=1S/C22H24N2O4/c1-4-14-24-21(25)19(17-8-6-7-9-18(17)27-3)20(22(24)26)23-15-10-12-16(13-11-15)28-5-2/h6-13,23H,4-5,14H2,1-3H3. The van der Waals surface area contributed by atoms with Gasteiger partial charge < -0.3 is 14.8 Å². The third kappa shape index (κ3) is 3.71. The lowest BCUT2D eigenvalue weighted by Crippen LogP contribution is -2.33. The number of hydrogen-bond donors (Lipinski definition) is 1. The van der Waals surface area contributed by atoms with Crippen molar-refractivity contribution in [2.24, 2.45) is 0 Å². The number of rotatable bonds is 8. The second-order valence-corrected chi connectivity index (χ2v) is 6.29. The summed E-state index contributed by atoms with van der Waals surface area (Å²) in [7, 11) is 1.55. The van der Waals surface area contributed by atoms with Crippen LogP contribution in [0.15, 0.2) is 54.2 Å². The summed E-state index contributed by atoms with van der Waals surface area (Å²) in [5.41, 5.74) is 1.87. The molecule has 28 heavy (non-hydrogen) atoms. The lowest BCUT2D eigenvalue weighted by molar-refractivity contribution is -0.136. The summed E-state index contributed by atoms with van der Waals surface area (Å²) in [6, 6.07) is 14.5. The molecule has 6 heteroatoms. The molecule has 1 N–H and O–H groups in total. The molecule has 1 aliphatic rings. The van der Waals surface area contributed by atoms with Gasteiger partial charge in [0.05, 0.1) is 19.3 Å². The van der Waals surface area contributed by atoms with Crippen molar-refractivity contribution < 1.29 is 19.1 Å². The molecule has 3 rings (SSSR count). The van der Waals surface area contributed by atoms with Crippen molar-refractivity contribution in [3.63, 3.8) is 0 Å². The molecule has 0 unspecified atom stereocenters. The fraction of sp³-hybridized carbons (Fsp3) is 0.273. The molecule has 1 heterocycles. The number of carbonyl (C=O) groups is 2. The molecule has 1 aliphatic heterocycles. The molecule has 0 aromatic heterocycles. The van der Waals surface area contributed by atoms with E-state index in [1.165, 1.54) is 4.90 Å². The largest absolute Gasteiger partial charge is 0.496 e. The minimum atomic E-state index is -0.332. The zero-order chi connectivity index (χ0) is 20.1. The Labute approximate surface area is 164 Å². The lowest BCUT2D eigenvalue weighted by atomic mass is 10.0. The van der Waals surface area contributed by atoms with Crippen molar-refractivity contribution >= 4 is 23.1 Å². The highest BCUT2D eigenvalue weighted by Gasteiger charge is 2.39. The molecule has 0 fully saturated rings. The Hall–Kier alpha value is -3.28. The number of benzene rings is 2. The van der Waals surface area contributed by atoms with E-state index in [1.54, 1.807) is 19.2 Å². The molecule has 2 aromatic rings. The molecule has 0 radical (unpaired) electrons. The first kappa shape index (κ1) is 19.5. The van der Waals surface area contributed by atoms with Crippen molar-refractivity contribution in [1.29, 1.82) is 0 Å². The van der Waals surface area contributed by atoms with Crippen LogP contribution in [0.4, 0.5) is 5.69 Å². The summed E-state index contributed by atoms with van der Waals surface area (Å²) in [5.74, 6) is 0.642. The number of nitrogens with zero attached hydrogens (tertiary/aromatic N) is 1. The summed E-state index contributed by atoms with van der Waals surface area (Å²) in [6.45, 7) is 4.79. The highest BCUT2D eigenvalue weighted by molar-refractivity contribution is 6.37. The molecule has 6 nitrogen and oxygen atoms in total. The zero-order valence-electron chi connectivity index (χ0n) is 16.3. The average molecular weight is 380 g/mol. The van der Waals surface area contributed by atoms with Crippen LogP contribution < -0.4 is 14.8 Å². The Morgan fingerprint density at radius 1 is 0.964 bits per heavy atom. The van der Waals surface area contributed by atoms with E-state index >= 15 is 0 Å². The van der Waals surface area contributed by atoms with Crippen molar-refractivity contribution in [3.8, 4) is 11.5 Å². The summed E-state index contributed by atoms with van der Waals surface area (Å²) >= 11 is 0. The SMILES string of the molecule is CCCN1C(=O)C(Nc2ccc(OCC)cc2)=C(c2ccccc2OC)C1=O. The van der Waals surface area contributed by atoms with Gasteiger partial charge in [-0.05, 0) is 43.7 Å². The number of carbonyl (C=O) groups excluding carboxylic acids is 2. The topological polar surface area (TPSA) is 67.9 Å². The van der Waals surface area contributed by atoms with Gasteiger partial charge in [-0.15, -0.1) is 0 Å². The van der Waals surface area contributed by atoms with E-state index in [9.17, 15) is 9.59 Å². The second-order valence-electron chi connectivity index (χ2n) is 6.29. The van der Waals surface area contributed by atoms with E-state index in [1.807, 2.05) is 50.2 Å². The molecular weight excluding hydrogens is 356 g/mol. The second kappa shape index (κ2) is 8.61. The number of amides is 2. The van der Waals surface area contributed by atoms with Crippen LogP contribution in [-0.2, 0) is 9.59 Å². The van der Waals surface area contributed by atoms with E-state index < -0.39 is 0 Å². The van der Waals surface area contributed by atoms with Crippen LogP contribution in [0.5, 0.6) is 11.5 Å². The number of methoxy groups -OCH3 is 1. The molecule has 0 bridgehead atoms. The number of imide groups is 1. The van der Waals surface area contributed by atoms with Crippen LogP contribution in [-0.4, -0.2) is 37.0 Å². The van der Waals surface area contributed by atoms with Crippen molar-refractivity contribution in [2.45, 2.75) is 20.3 Å². The number of para-hydroxylation sites is 1. The normalized spacial score (nSPS) is 13.9. The molecular formula is C22H24N2O4. The zero-order valence-corrected chi connectivity index (χ0v) is 16.3. The Balaban J connectivity index is 2.04. The van der Waals surface area contributed by atoms with Gasteiger partial charge in [0.15, 0.2) is 0 Å². The van der Waals surface area contributed by atoms with Gasteiger partial charge in [0.25, 0.3) is 11.8 Å². The maximum absolute atomic E-state index is 13.0. The quantitative estimate of drug-likeness (QED) is 0.708. The minimum Gasteiger partial charge on any atom is -0.496 e. The molecule has 2 aromatic carbocycles. The van der Waals surface area contributed by atoms with Gasteiger partial charge in [0.2, 0.25) is 0 Å². The fourth-order valence-electron chi connectivity index (χ4n) is 3.17. The van der Waals surface area contributed by atoms with Crippen LogP contribution in [0.2, 0.25) is 0 Å². The predicted octanol–water partition coefficient (Wildman–Crippen LogP) is 3.70. The number of hydrogen-bond acceptors (Lipinski definition) is 5. The highest BCUT2D eigenvalue weighted by Crippen LogP contribution is 2.35. The van der Waals surface area contributed by atoms with Crippen molar-refractivity contribution in [2.75, 3.05) is 25.6 Å². The van der Waals surface area contributed by atoms with E-state index in [0.717, 1.165) is 5.75 Å². The molecule has 0 aliphatic carbocycles. The molecule has 0 saturated heterocycles. The van der Waals surface area contributed by atoms with Gasteiger partial charge in [0, 0.05) is 17.8 Å². The van der Waals surface area contributed by atoms with Crippen LogP contribution in [0, 0.1) is 0 Å². The highest BCUT2D eigenvalue weighted by atomic mass is 16.5. The van der Waals surface area contributed by atoms with E-state index in [2.05, 4.69) is 5.32 Å². The minimum absolute atomic E-state index is 0.257. The monoisotopic (exact) mass is 380 g/mol. The smallest absolute Gasteiger partial charge is 0.278 e. The van der Waals surface area contributed by atoms with Crippen LogP contribution in [0.25, 0.3) is 5.57 Å². The van der Waals surface area contributed by atoms with Gasteiger partial charge in [-0.2, -0.15) is 0 Å².